The summed E-state index contributed by atoms with van der Waals surface area (Å²) in [6, 6.07) is 7.71. The van der Waals surface area contributed by atoms with Crippen LogP contribution in [0.1, 0.15) is 47.6 Å². The topological polar surface area (TPSA) is 58.2 Å². The van der Waals surface area contributed by atoms with Gasteiger partial charge in [-0.15, -0.1) is 0 Å². The Labute approximate surface area is 149 Å². The van der Waals surface area contributed by atoms with Crippen molar-refractivity contribution < 1.29 is 9.53 Å². The molecule has 0 spiro atoms. The zero-order valence-electron chi connectivity index (χ0n) is 15.3. The van der Waals surface area contributed by atoms with E-state index in [0.29, 0.717) is 18.2 Å². The van der Waals surface area contributed by atoms with E-state index in [1.807, 2.05) is 45.2 Å². The number of rotatable bonds is 5. The van der Waals surface area contributed by atoms with Crippen LogP contribution in [-0.2, 0) is 4.74 Å². The van der Waals surface area contributed by atoms with Gasteiger partial charge in [0.1, 0.15) is 5.82 Å². The Bertz CT molecular complexity index is 732. The molecule has 1 saturated heterocycles. The number of benzene rings is 1. The molecule has 2 heterocycles. The Hall–Kier alpha value is -2.14. The Morgan fingerprint density at radius 1 is 1.36 bits per heavy atom. The van der Waals surface area contributed by atoms with Crippen molar-refractivity contribution in [2.24, 2.45) is 0 Å². The van der Waals surface area contributed by atoms with E-state index < -0.39 is 0 Å². The van der Waals surface area contributed by atoms with Crippen molar-refractivity contribution in [3.63, 3.8) is 0 Å². The normalized spacial score (nSPS) is 17.5. The molecular formula is C20H27N3O2. The van der Waals surface area contributed by atoms with Crippen LogP contribution in [0.2, 0.25) is 0 Å². The monoisotopic (exact) mass is 341 g/mol. The van der Waals surface area contributed by atoms with E-state index in [9.17, 15) is 4.79 Å². The molecule has 1 amide bonds. The fraction of sp³-hybridized carbons (Fsp3) is 0.500. The van der Waals surface area contributed by atoms with Crippen molar-refractivity contribution in [2.45, 2.75) is 45.6 Å². The number of carbonyl (C=O) groups is 1. The number of carbonyl (C=O) groups excluding carboxylic acids is 1. The second-order valence-electron chi connectivity index (χ2n) is 6.88. The van der Waals surface area contributed by atoms with E-state index in [2.05, 4.69) is 9.97 Å². The van der Waals surface area contributed by atoms with Crippen molar-refractivity contribution in [1.29, 1.82) is 0 Å². The zero-order chi connectivity index (χ0) is 17.8. The second kappa shape index (κ2) is 7.83. The molecule has 1 fully saturated rings. The molecule has 1 aromatic carbocycles. The molecule has 3 rings (SSSR count). The summed E-state index contributed by atoms with van der Waals surface area (Å²) in [4.78, 5) is 22.3. The molecule has 1 unspecified atom stereocenters. The lowest BCUT2D eigenvalue weighted by molar-refractivity contribution is 0.00709. The fourth-order valence-electron chi connectivity index (χ4n) is 3.39. The van der Waals surface area contributed by atoms with Crippen LogP contribution in [0.5, 0.6) is 0 Å². The number of imidazole rings is 1. The lowest BCUT2D eigenvalue weighted by Gasteiger charge is -2.25. The number of aryl methyl sites for hydroxylation is 2. The average Bonchev–Trinajstić information content (AvgIpc) is 2.98. The number of nitrogens with zero attached hydrogens (tertiary/aromatic N) is 2. The van der Waals surface area contributed by atoms with E-state index in [4.69, 9.17) is 4.74 Å². The van der Waals surface area contributed by atoms with Crippen LogP contribution in [-0.4, -0.2) is 47.1 Å². The minimum atomic E-state index is 0.0440. The summed E-state index contributed by atoms with van der Waals surface area (Å²) in [7, 11) is 1.86. The highest BCUT2D eigenvalue weighted by atomic mass is 16.5. The van der Waals surface area contributed by atoms with E-state index >= 15 is 0 Å². The van der Waals surface area contributed by atoms with Gasteiger partial charge in [0.05, 0.1) is 11.8 Å². The van der Waals surface area contributed by atoms with Gasteiger partial charge in [-0.05, 0) is 51.7 Å². The third-order valence-corrected chi connectivity index (χ3v) is 4.79. The van der Waals surface area contributed by atoms with Crippen molar-refractivity contribution in [3.05, 3.63) is 41.3 Å². The van der Waals surface area contributed by atoms with Crippen molar-refractivity contribution in [3.8, 4) is 11.3 Å². The molecule has 2 aromatic rings. The van der Waals surface area contributed by atoms with Crippen molar-refractivity contribution in [2.75, 3.05) is 20.2 Å². The van der Waals surface area contributed by atoms with Gasteiger partial charge >= 0.3 is 0 Å². The number of amides is 1. The standard InChI is InChI=1S/C20H27N3O2/c1-14-19(22-15(2)21-14)16-7-6-8-17(13-16)20(24)23(3)11-10-18-9-4-5-12-25-18/h6-8,13,18H,4-5,9-12H2,1-3H3,(H,21,22). The molecule has 1 aromatic heterocycles. The van der Waals surface area contributed by atoms with Gasteiger partial charge in [-0.3, -0.25) is 4.79 Å². The lowest BCUT2D eigenvalue weighted by atomic mass is 10.0. The van der Waals surface area contributed by atoms with Crippen LogP contribution in [0.3, 0.4) is 0 Å². The molecule has 134 valence electrons. The molecule has 0 bridgehead atoms. The van der Waals surface area contributed by atoms with Gasteiger partial charge in [-0.1, -0.05) is 12.1 Å². The molecule has 5 nitrogen and oxygen atoms in total. The maximum atomic E-state index is 12.7. The first-order chi connectivity index (χ1) is 12.0. The third-order valence-electron chi connectivity index (χ3n) is 4.79. The second-order valence-corrected chi connectivity index (χ2v) is 6.88. The summed E-state index contributed by atoms with van der Waals surface area (Å²) in [6.07, 6.45) is 4.69. The van der Waals surface area contributed by atoms with Gasteiger partial charge in [-0.25, -0.2) is 4.98 Å². The molecule has 5 heteroatoms. The SMILES string of the molecule is Cc1nc(-c2cccc(C(=O)N(C)CCC3CCCCO3)c2)c(C)[nH]1. The smallest absolute Gasteiger partial charge is 0.253 e. The summed E-state index contributed by atoms with van der Waals surface area (Å²) in [5, 5.41) is 0. The molecule has 1 N–H and O–H groups in total. The van der Waals surface area contributed by atoms with Gasteiger partial charge in [0.15, 0.2) is 0 Å². The quantitative estimate of drug-likeness (QED) is 0.901. The molecule has 1 aliphatic rings. The number of aromatic nitrogens is 2. The minimum Gasteiger partial charge on any atom is -0.378 e. The molecule has 1 atom stereocenters. The van der Waals surface area contributed by atoms with Crippen molar-refractivity contribution >= 4 is 5.91 Å². The summed E-state index contributed by atoms with van der Waals surface area (Å²) in [5.74, 6) is 0.927. The number of hydrogen-bond acceptors (Lipinski definition) is 3. The van der Waals surface area contributed by atoms with Gasteiger partial charge in [0.2, 0.25) is 0 Å². The Balaban J connectivity index is 1.67. The number of hydrogen-bond donors (Lipinski definition) is 1. The first-order valence-corrected chi connectivity index (χ1v) is 9.05. The van der Waals surface area contributed by atoms with Crippen LogP contribution in [0.4, 0.5) is 0 Å². The van der Waals surface area contributed by atoms with Gasteiger partial charge in [0, 0.05) is 37.0 Å². The zero-order valence-corrected chi connectivity index (χ0v) is 15.3. The maximum Gasteiger partial charge on any atom is 0.253 e. The first-order valence-electron chi connectivity index (χ1n) is 9.05. The van der Waals surface area contributed by atoms with Crippen LogP contribution in [0, 0.1) is 13.8 Å². The van der Waals surface area contributed by atoms with E-state index in [0.717, 1.165) is 48.6 Å². The highest BCUT2D eigenvalue weighted by Gasteiger charge is 2.18. The predicted molar refractivity (Wildman–Crippen MR) is 98.7 cm³/mol. The van der Waals surface area contributed by atoms with E-state index in [-0.39, 0.29) is 5.91 Å². The maximum absolute atomic E-state index is 12.7. The number of aromatic amines is 1. The largest absolute Gasteiger partial charge is 0.378 e. The van der Waals surface area contributed by atoms with E-state index in [1.54, 1.807) is 4.90 Å². The van der Waals surface area contributed by atoms with Crippen LogP contribution >= 0.6 is 0 Å². The first kappa shape index (κ1) is 17.7. The Morgan fingerprint density at radius 2 is 2.20 bits per heavy atom. The average molecular weight is 341 g/mol. The summed E-state index contributed by atoms with van der Waals surface area (Å²) >= 11 is 0. The molecular weight excluding hydrogens is 314 g/mol. The van der Waals surface area contributed by atoms with Crippen LogP contribution in [0.25, 0.3) is 11.3 Å². The fourth-order valence-corrected chi connectivity index (χ4v) is 3.39. The Morgan fingerprint density at radius 3 is 2.88 bits per heavy atom. The molecule has 25 heavy (non-hydrogen) atoms. The third kappa shape index (κ3) is 4.28. The van der Waals surface area contributed by atoms with E-state index in [1.165, 1.54) is 6.42 Å². The minimum absolute atomic E-state index is 0.0440. The molecule has 0 saturated carbocycles. The van der Waals surface area contributed by atoms with Gasteiger partial charge < -0.3 is 14.6 Å². The summed E-state index contributed by atoms with van der Waals surface area (Å²) in [6.45, 7) is 5.51. The highest BCUT2D eigenvalue weighted by Crippen LogP contribution is 2.23. The Kier molecular flexibility index (Phi) is 5.53. The summed E-state index contributed by atoms with van der Waals surface area (Å²) < 4.78 is 5.76. The van der Waals surface area contributed by atoms with Crippen LogP contribution in [0.15, 0.2) is 24.3 Å². The number of ether oxygens (including phenoxy) is 1. The molecule has 0 aliphatic carbocycles. The van der Waals surface area contributed by atoms with Gasteiger partial charge in [0.25, 0.3) is 5.91 Å². The number of nitrogens with one attached hydrogen (secondary N) is 1. The number of H-pyrrole nitrogens is 1. The molecule has 1 aliphatic heterocycles. The van der Waals surface area contributed by atoms with Crippen LogP contribution < -0.4 is 0 Å². The van der Waals surface area contributed by atoms with Crippen molar-refractivity contribution in [1.82, 2.24) is 14.9 Å². The lowest BCUT2D eigenvalue weighted by Crippen LogP contribution is -2.31. The summed E-state index contributed by atoms with van der Waals surface area (Å²) in [5.41, 5.74) is 3.59. The highest BCUT2D eigenvalue weighted by molar-refractivity contribution is 5.95. The van der Waals surface area contributed by atoms with Gasteiger partial charge in [-0.2, -0.15) is 0 Å². The predicted octanol–water partition coefficient (Wildman–Crippen LogP) is 3.72. The molecule has 0 radical (unpaired) electrons.